The third-order valence-corrected chi connectivity index (χ3v) is 3.17. The van der Waals surface area contributed by atoms with E-state index in [4.69, 9.17) is 10.5 Å². The van der Waals surface area contributed by atoms with Gasteiger partial charge in [0.1, 0.15) is 5.75 Å². The number of benzene rings is 1. The van der Waals surface area contributed by atoms with E-state index in [9.17, 15) is 0 Å². The van der Waals surface area contributed by atoms with Crippen molar-refractivity contribution in [2.24, 2.45) is 5.73 Å². The Morgan fingerprint density at radius 3 is 2.56 bits per heavy atom. The number of hydrogen-bond acceptors (Lipinski definition) is 2. The zero-order valence-electron chi connectivity index (χ0n) is 12.0. The van der Waals surface area contributed by atoms with Gasteiger partial charge in [0.2, 0.25) is 0 Å². The van der Waals surface area contributed by atoms with Crippen LogP contribution in [0.4, 0.5) is 0 Å². The molecule has 0 aromatic heterocycles. The van der Waals surface area contributed by atoms with Crippen LogP contribution in [0.25, 0.3) is 0 Å². The molecule has 0 saturated heterocycles. The summed E-state index contributed by atoms with van der Waals surface area (Å²) in [6.07, 6.45) is 6.32. The third kappa shape index (κ3) is 5.09. The van der Waals surface area contributed by atoms with E-state index < -0.39 is 0 Å². The van der Waals surface area contributed by atoms with Gasteiger partial charge in [-0.1, -0.05) is 44.7 Å². The summed E-state index contributed by atoms with van der Waals surface area (Å²) in [7, 11) is 0. The molecule has 2 heteroatoms. The maximum atomic E-state index is 5.95. The van der Waals surface area contributed by atoms with Crippen LogP contribution < -0.4 is 10.5 Å². The van der Waals surface area contributed by atoms with E-state index in [1.807, 2.05) is 6.92 Å². The fraction of sp³-hybridized carbons (Fsp3) is 0.625. The molecule has 1 aromatic rings. The molecule has 1 aromatic carbocycles. The Labute approximate surface area is 112 Å². The molecule has 0 aliphatic heterocycles. The second-order valence-electron chi connectivity index (χ2n) is 5.09. The summed E-state index contributed by atoms with van der Waals surface area (Å²) in [6.45, 7) is 7.11. The molecule has 0 spiro atoms. The first-order valence-corrected chi connectivity index (χ1v) is 7.14. The maximum absolute atomic E-state index is 5.95. The van der Waals surface area contributed by atoms with Gasteiger partial charge in [0.15, 0.2) is 0 Å². The molecular formula is C16H27NO. The molecule has 0 amide bonds. The molecule has 0 bridgehead atoms. The monoisotopic (exact) mass is 249 g/mol. The summed E-state index contributed by atoms with van der Waals surface area (Å²) < 4.78 is 5.88. The van der Waals surface area contributed by atoms with E-state index in [0.29, 0.717) is 0 Å². The fourth-order valence-corrected chi connectivity index (χ4v) is 2.03. The Kier molecular flexibility index (Phi) is 6.81. The van der Waals surface area contributed by atoms with E-state index in [-0.39, 0.29) is 6.04 Å². The van der Waals surface area contributed by atoms with Crippen molar-refractivity contribution in [1.82, 2.24) is 0 Å². The molecule has 1 atom stereocenters. The molecule has 102 valence electrons. The van der Waals surface area contributed by atoms with Crippen LogP contribution in [0.5, 0.6) is 5.75 Å². The first-order valence-electron chi connectivity index (χ1n) is 7.14. The third-order valence-electron chi connectivity index (χ3n) is 3.17. The van der Waals surface area contributed by atoms with Gasteiger partial charge in [-0.2, -0.15) is 0 Å². The summed E-state index contributed by atoms with van der Waals surface area (Å²) in [5, 5.41) is 0. The number of hydrogen-bond donors (Lipinski definition) is 1. The van der Waals surface area contributed by atoms with Gasteiger partial charge >= 0.3 is 0 Å². The summed E-state index contributed by atoms with van der Waals surface area (Å²) in [5.41, 5.74) is 8.28. The first kappa shape index (κ1) is 15.0. The van der Waals surface area contributed by atoms with Gasteiger partial charge in [-0.25, -0.2) is 0 Å². The Balaban J connectivity index is 2.43. The predicted octanol–water partition coefficient (Wildman–Crippen LogP) is 4.36. The van der Waals surface area contributed by atoms with Gasteiger partial charge in [-0.15, -0.1) is 0 Å². The van der Waals surface area contributed by atoms with E-state index >= 15 is 0 Å². The number of aryl methyl sites for hydroxylation is 1. The van der Waals surface area contributed by atoms with Crippen LogP contribution in [-0.2, 0) is 0 Å². The van der Waals surface area contributed by atoms with Crippen molar-refractivity contribution in [2.45, 2.75) is 58.9 Å². The molecule has 0 saturated carbocycles. The van der Waals surface area contributed by atoms with Gasteiger partial charge < -0.3 is 10.5 Å². The van der Waals surface area contributed by atoms with E-state index in [2.05, 4.69) is 32.0 Å². The van der Waals surface area contributed by atoms with Crippen LogP contribution in [0.2, 0.25) is 0 Å². The van der Waals surface area contributed by atoms with Crippen LogP contribution in [0.1, 0.15) is 63.1 Å². The largest absolute Gasteiger partial charge is 0.493 e. The molecule has 2 N–H and O–H groups in total. The van der Waals surface area contributed by atoms with Crippen LogP contribution in [0.15, 0.2) is 18.2 Å². The van der Waals surface area contributed by atoms with Gasteiger partial charge in [0, 0.05) is 11.6 Å². The van der Waals surface area contributed by atoms with Crippen molar-refractivity contribution >= 4 is 0 Å². The summed E-state index contributed by atoms with van der Waals surface area (Å²) in [5.74, 6) is 0.959. The SMILES string of the molecule is CCCCCCCOc1cc(C)ccc1[C@H](C)N. The zero-order chi connectivity index (χ0) is 13.4. The first-order chi connectivity index (χ1) is 8.65. The Hall–Kier alpha value is -1.02. The topological polar surface area (TPSA) is 35.2 Å². The smallest absolute Gasteiger partial charge is 0.124 e. The van der Waals surface area contributed by atoms with Gasteiger partial charge in [0.25, 0.3) is 0 Å². The minimum Gasteiger partial charge on any atom is -0.493 e. The van der Waals surface area contributed by atoms with E-state index in [1.165, 1.54) is 31.2 Å². The molecule has 0 fully saturated rings. The second kappa shape index (κ2) is 8.15. The summed E-state index contributed by atoms with van der Waals surface area (Å²) in [4.78, 5) is 0. The molecule has 0 aliphatic carbocycles. The highest BCUT2D eigenvalue weighted by Crippen LogP contribution is 2.25. The Morgan fingerprint density at radius 1 is 1.17 bits per heavy atom. The summed E-state index contributed by atoms with van der Waals surface area (Å²) >= 11 is 0. The number of unbranched alkanes of at least 4 members (excludes halogenated alkanes) is 4. The highest BCUT2D eigenvalue weighted by molar-refractivity contribution is 5.38. The average Bonchev–Trinajstić information content (AvgIpc) is 2.33. The lowest BCUT2D eigenvalue weighted by Crippen LogP contribution is -2.09. The molecule has 1 rings (SSSR count). The van der Waals surface area contributed by atoms with Gasteiger partial charge in [0.05, 0.1) is 6.61 Å². The normalized spacial score (nSPS) is 12.4. The second-order valence-corrected chi connectivity index (χ2v) is 5.09. The zero-order valence-corrected chi connectivity index (χ0v) is 12.0. The highest BCUT2D eigenvalue weighted by Gasteiger charge is 2.07. The molecule has 0 radical (unpaired) electrons. The molecular weight excluding hydrogens is 222 g/mol. The standard InChI is InChI=1S/C16H27NO/c1-4-5-6-7-8-11-18-16-12-13(2)9-10-15(16)14(3)17/h9-10,12,14H,4-8,11,17H2,1-3H3/t14-/m0/s1. The lowest BCUT2D eigenvalue weighted by Gasteiger charge is -2.14. The van der Waals surface area contributed by atoms with Crippen molar-refractivity contribution < 1.29 is 4.74 Å². The molecule has 18 heavy (non-hydrogen) atoms. The van der Waals surface area contributed by atoms with Crippen LogP contribution in [0.3, 0.4) is 0 Å². The van der Waals surface area contributed by atoms with Gasteiger partial charge in [-0.3, -0.25) is 0 Å². The maximum Gasteiger partial charge on any atom is 0.124 e. The average molecular weight is 249 g/mol. The van der Waals surface area contributed by atoms with E-state index in [1.54, 1.807) is 0 Å². The van der Waals surface area contributed by atoms with Crippen molar-refractivity contribution in [3.8, 4) is 5.75 Å². The summed E-state index contributed by atoms with van der Waals surface area (Å²) in [6, 6.07) is 6.28. The lowest BCUT2D eigenvalue weighted by atomic mass is 10.1. The van der Waals surface area contributed by atoms with Crippen molar-refractivity contribution in [2.75, 3.05) is 6.61 Å². The fourth-order valence-electron chi connectivity index (χ4n) is 2.03. The van der Waals surface area contributed by atoms with Crippen molar-refractivity contribution in [3.63, 3.8) is 0 Å². The Bertz CT molecular complexity index is 347. The lowest BCUT2D eigenvalue weighted by molar-refractivity contribution is 0.300. The minimum absolute atomic E-state index is 0.0284. The van der Waals surface area contributed by atoms with Crippen molar-refractivity contribution in [1.29, 1.82) is 0 Å². The van der Waals surface area contributed by atoms with E-state index in [0.717, 1.165) is 24.3 Å². The molecule has 0 aliphatic rings. The molecule has 0 unspecified atom stereocenters. The Morgan fingerprint density at radius 2 is 1.89 bits per heavy atom. The molecule has 2 nitrogen and oxygen atoms in total. The number of nitrogens with two attached hydrogens (primary N) is 1. The van der Waals surface area contributed by atoms with Crippen LogP contribution in [0, 0.1) is 6.92 Å². The number of ether oxygens (including phenoxy) is 1. The minimum atomic E-state index is 0.0284. The quantitative estimate of drug-likeness (QED) is 0.695. The van der Waals surface area contributed by atoms with Crippen LogP contribution in [-0.4, -0.2) is 6.61 Å². The highest BCUT2D eigenvalue weighted by atomic mass is 16.5. The number of rotatable bonds is 8. The predicted molar refractivity (Wildman–Crippen MR) is 78.0 cm³/mol. The molecule has 0 heterocycles. The van der Waals surface area contributed by atoms with Crippen LogP contribution >= 0.6 is 0 Å². The van der Waals surface area contributed by atoms with Crippen molar-refractivity contribution in [3.05, 3.63) is 29.3 Å². The van der Waals surface area contributed by atoms with Gasteiger partial charge in [-0.05, 0) is 31.9 Å².